The van der Waals surface area contributed by atoms with Gasteiger partial charge < -0.3 is 10.5 Å². The Balaban J connectivity index is 2.51. The summed E-state index contributed by atoms with van der Waals surface area (Å²) in [6.45, 7) is 11.2. The van der Waals surface area contributed by atoms with Gasteiger partial charge in [-0.2, -0.15) is 0 Å². The summed E-state index contributed by atoms with van der Waals surface area (Å²) < 4.78 is 5.91. The van der Waals surface area contributed by atoms with Crippen LogP contribution in [-0.2, 0) is 6.42 Å². The largest absolute Gasteiger partial charge is 0.489 e. The van der Waals surface area contributed by atoms with Crippen molar-refractivity contribution in [2.45, 2.75) is 47.1 Å². The van der Waals surface area contributed by atoms with Gasteiger partial charge in [0.2, 0.25) is 0 Å². The third-order valence-corrected chi connectivity index (χ3v) is 3.64. The number of hydrogen-bond donors (Lipinski definition) is 1. The SMILES string of the molecule is Cc1cc(CC(C)(C)CN)nc2c(OC(C)C)cccc12. The fourth-order valence-electron chi connectivity index (χ4n) is 2.46. The van der Waals surface area contributed by atoms with Crippen LogP contribution in [0.15, 0.2) is 24.3 Å². The number of fused-ring (bicyclic) bond motifs is 1. The second-order valence-electron chi connectivity index (χ2n) is 6.79. The first-order valence-corrected chi connectivity index (χ1v) is 7.58. The molecular weight excluding hydrogens is 260 g/mol. The van der Waals surface area contributed by atoms with Crippen molar-refractivity contribution < 1.29 is 4.74 Å². The van der Waals surface area contributed by atoms with Crippen molar-refractivity contribution in [1.29, 1.82) is 0 Å². The summed E-state index contributed by atoms with van der Waals surface area (Å²) in [6.07, 6.45) is 1.01. The molecule has 0 unspecified atom stereocenters. The number of hydrogen-bond acceptors (Lipinski definition) is 3. The lowest BCUT2D eigenvalue weighted by Gasteiger charge is -2.22. The number of pyridine rings is 1. The van der Waals surface area contributed by atoms with Gasteiger partial charge in [0.25, 0.3) is 0 Å². The van der Waals surface area contributed by atoms with Crippen LogP contribution in [0.3, 0.4) is 0 Å². The number of para-hydroxylation sites is 1. The van der Waals surface area contributed by atoms with Crippen molar-refractivity contribution in [1.82, 2.24) is 4.98 Å². The van der Waals surface area contributed by atoms with Crippen LogP contribution in [0.1, 0.15) is 39.0 Å². The Morgan fingerprint density at radius 1 is 1.29 bits per heavy atom. The van der Waals surface area contributed by atoms with Crippen molar-refractivity contribution in [3.05, 3.63) is 35.5 Å². The molecule has 2 rings (SSSR count). The lowest BCUT2D eigenvalue weighted by Crippen LogP contribution is -2.26. The van der Waals surface area contributed by atoms with Crippen LogP contribution in [0.25, 0.3) is 10.9 Å². The number of aryl methyl sites for hydroxylation is 1. The summed E-state index contributed by atoms with van der Waals surface area (Å²) in [5.41, 5.74) is 9.17. The maximum absolute atomic E-state index is 5.91. The highest BCUT2D eigenvalue weighted by Gasteiger charge is 2.18. The maximum Gasteiger partial charge on any atom is 0.145 e. The molecule has 21 heavy (non-hydrogen) atoms. The van der Waals surface area contributed by atoms with Gasteiger partial charge in [-0.05, 0) is 56.8 Å². The molecule has 0 spiro atoms. The molecule has 0 aliphatic rings. The minimum atomic E-state index is 0.0565. The van der Waals surface area contributed by atoms with Gasteiger partial charge >= 0.3 is 0 Å². The highest BCUT2D eigenvalue weighted by molar-refractivity contribution is 5.87. The Bertz CT molecular complexity index is 632. The molecule has 2 N–H and O–H groups in total. The zero-order valence-electron chi connectivity index (χ0n) is 13.7. The zero-order chi connectivity index (χ0) is 15.6. The summed E-state index contributed by atoms with van der Waals surface area (Å²) in [5, 5.41) is 1.16. The molecule has 0 aliphatic heterocycles. The molecule has 1 heterocycles. The molecule has 1 aromatic carbocycles. The Hall–Kier alpha value is -1.61. The molecule has 0 saturated carbocycles. The topological polar surface area (TPSA) is 48.1 Å². The molecule has 0 radical (unpaired) electrons. The van der Waals surface area contributed by atoms with Gasteiger partial charge in [-0.3, -0.25) is 0 Å². The third-order valence-electron chi connectivity index (χ3n) is 3.64. The first kappa shape index (κ1) is 15.8. The predicted octanol–water partition coefficient (Wildman–Crippen LogP) is 3.86. The quantitative estimate of drug-likeness (QED) is 0.908. The second kappa shape index (κ2) is 6.02. The first-order chi connectivity index (χ1) is 9.82. The maximum atomic E-state index is 5.91. The van der Waals surface area contributed by atoms with E-state index < -0.39 is 0 Å². The Kier molecular flexibility index (Phi) is 4.52. The number of ether oxygens (including phenoxy) is 1. The van der Waals surface area contributed by atoms with Gasteiger partial charge in [0.1, 0.15) is 11.3 Å². The number of aromatic nitrogens is 1. The molecule has 3 heteroatoms. The van der Waals surface area contributed by atoms with Crippen LogP contribution in [0, 0.1) is 12.3 Å². The minimum absolute atomic E-state index is 0.0565. The van der Waals surface area contributed by atoms with Gasteiger partial charge in [-0.15, -0.1) is 0 Å². The zero-order valence-corrected chi connectivity index (χ0v) is 13.7. The first-order valence-electron chi connectivity index (χ1n) is 7.58. The van der Waals surface area contributed by atoms with E-state index in [1.165, 1.54) is 5.56 Å². The summed E-state index contributed by atoms with van der Waals surface area (Å²) in [6, 6.07) is 8.28. The standard InChI is InChI=1S/C18H26N2O/c1-12(2)21-16-8-6-7-15-13(3)9-14(20-17(15)16)10-18(4,5)11-19/h6-9,12H,10-11,19H2,1-5H3. The fourth-order valence-corrected chi connectivity index (χ4v) is 2.46. The van der Waals surface area contributed by atoms with Crippen LogP contribution in [0.4, 0.5) is 0 Å². The van der Waals surface area contributed by atoms with Crippen LogP contribution in [0.2, 0.25) is 0 Å². The normalized spacial score (nSPS) is 12.1. The molecular formula is C18H26N2O. The van der Waals surface area contributed by atoms with E-state index in [9.17, 15) is 0 Å². The van der Waals surface area contributed by atoms with E-state index >= 15 is 0 Å². The Morgan fingerprint density at radius 3 is 2.62 bits per heavy atom. The minimum Gasteiger partial charge on any atom is -0.489 e. The second-order valence-corrected chi connectivity index (χ2v) is 6.79. The smallest absolute Gasteiger partial charge is 0.145 e. The lowest BCUT2D eigenvalue weighted by molar-refractivity contribution is 0.245. The van der Waals surface area contributed by atoms with E-state index in [1.807, 2.05) is 26.0 Å². The molecule has 2 aromatic rings. The van der Waals surface area contributed by atoms with Gasteiger partial charge in [0, 0.05) is 11.1 Å². The van der Waals surface area contributed by atoms with E-state index in [0.29, 0.717) is 6.54 Å². The van der Waals surface area contributed by atoms with E-state index in [4.69, 9.17) is 15.5 Å². The van der Waals surface area contributed by atoms with Crippen LogP contribution >= 0.6 is 0 Å². The summed E-state index contributed by atoms with van der Waals surface area (Å²) in [5.74, 6) is 0.859. The van der Waals surface area contributed by atoms with Crippen molar-refractivity contribution in [2.75, 3.05) is 6.54 Å². The van der Waals surface area contributed by atoms with Crippen LogP contribution in [-0.4, -0.2) is 17.6 Å². The highest BCUT2D eigenvalue weighted by Crippen LogP contribution is 2.29. The molecule has 3 nitrogen and oxygen atoms in total. The van der Waals surface area contributed by atoms with Gasteiger partial charge in [0.15, 0.2) is 0 Å². The van der Waals surface area contributed by atoms with Crippen LogP contribution in [0.5, 0.6) is 5.75 Å². The van der Waals surface area contributed by atoms with E-state index in [0.717, 1.165) is 28.8 Å². The fraction of sp³-hybridized carbons (Fsp3) is 0.500. The number of nitrogens with two attached hydrogens (primary N) is 1. The summed E-state index contributed by atoms with van der Waals surface area (Å²) >= 11 is 0. The average molecular weight is 286 g/mol. The molecule has 0 saturated heterocycles. The molecule has 0 atom stereocenters. The van der Waals surface area contributed by atoms with Crippen molar-refractivity contribution in [2.24, 2.45) is 11.1 Å². The third kappa shape index (κ3) is 3.73. The molecule has 0 fully saturated rings. The summed E-state index contributed by atoms with van der Waals surface area (Å²) in [7, 11) is 0. The molecule has 0 aliphatic carbocycles. The van der Waals surface area contributed by atoms with E-state index in [-0.39, 0.29) is 11.5 Å². The molecule has 114 valence electrons. The van der Waals surface area contributed by atoms with Crippen molar-refractivity contribution in [3.8, 4) is 5.75 Å². The number of nitrogens with zero attached hydrogens (tertiary/aromatic N) is 1. The Labute approximate surface area is 127 Å². The van der Waals surface area contributed by atoms with Gasteiger partial charge in [-0.25, -0.2) is 4.98 Å². The average Bonchev–Trinajstić information content (AvgIpc) is 2.39. The van der Waals surface area contributed by atoms with E-state index in [1.54, 1.807) is 0 Å². The Morgan fingerprint density at radius 2 is 2.00 bits per heavy atom. The van der Waals surface area contributed by atoms with Crippen molar-refractivity contribution in [3.63, 3.8) is 0 Å². The highest BCUT2D eigenvalue weighted by atomic mass is 16.5. The molecule has 1 aromatic heterocycles. The predicted molar refractivity (Wildman–Crippen MR) is 88.8 cm³/mol. The van der Waals surface area contributed by atoms with E-state index in [2.05, 4.69) is 32.9 Å². The molecule has 0 amide bonds. The van der Waals surface area contributed by atoms with Crippen LogP contribution < -0.4 is 10.5 Å². The number of rotatable bonds is 5. The van der Waals surface area contributed by atoms with Gasteiger partial charge in [0.05, 0.1) is 6.10 Å². The monoisotopic (exact) mass is 286 g/mol. The lowest BCUT2D eigenvalue weighted by atomic mass is 9.87. The van der Waals surface area contributed by atoms with Gasteiger partial charge in [-0.1, -0.05) is 26.0 Å². The van der Waals surface area contributed by atoms with Crippen molar-refractivity contribution >= 4 is 10.9 Å². The summed E-state index contributed by atoms with van der Waals surface area (Å²) in [4.78, 5) is 4.84. The number of benzene rings is 1. The molecule has 0 bridgehead atoms.